The lowest BCUT2D eigenvalue weighted by Crippen LogP contribution is -2.15. The smallest absolute Gasteiger partial charge is 0.363 e. The first-order valence-electron chi connectivity index (χ1n) is 9.28. The van der Waals surface area contributed by atoms with Gasteiger partial charge in [0.2, 0.25) is 5.90 Å². The van der Waals surface area contributed by atoms with Crippen molar-refractivity contribution in [3.05, 3.63) is 58.2 Å². The maximum Gasteiger partial charge on any atom is 0.363 e. The maximum absolute atomic E-state index is 12.3. The van der Waals surface area contributed by atoms with Crippen molar-refractivity contribution in [1.29, 1.82) is 0 Å². The van der Waals surface area contributed by atoms with E-state index < -0.39 is 11.9 Å². The van der Waals surface area contributed by atoms with E-state index >= 15 is 0 Å². The maximum atomic E-state index is 12.3. The van der Waals surface area contributed by atoms with Crippen molar-refractivity contribution in [2.45, 2.75) is 6.92 Å². The lowest BCUT2D eigenvalue weighted by molar-refractivity contribution is -0.145. The number of hydrogen-bond acceptors (Lipinski definition) is 8. The second-order valence-corrected chi connectivity index (χ2v) is 6.60. The number of esters is 2. The number of hydrogen-bond donors (Lipinski definition) is 0. The normalized spacial score (nSPS) is 14.1. The molecule has 2 aromatic carbocycles. The van der Waals surface area contributed by atoms with E-state index in [2.05, 4.69) is 4.99 Å². The van der Waals surface area contributed by atoms with Crippen LogP contribution in [0.5, 0.6) is 17.2 Å². The molecular formula is C22H20ClNO7. The summed E-state index contributed by atoms with van der Waals surface area (Å²) >= 11 is 6.30. The van der Waals surface area contributed by atoms with E-state index in [-0.39, 0.29) is 41.3 Å². The number of benzene rings is 2. The molecule has 1 aliphatic rings. The highest BCUT2D eigenvalue weighted by molar-refractivity contribution is 6.32. The van der Waals surface area contributed by atoms with E-state index in [0.29, 0.717) is 16.9 Å². The van der Waals surface area contributed by atoms with Gasteiger partial charge < -0.3 is 23.7 Å². The molecule has 2 aromatic rings. The third-order valence-corrected chi connectivity index (χ3v) is 4.43. The van der Waals surface area contributed by atoms with E-state index in [1.54, 1.807) is 50.4 Å². The zero-order valence-corrected chi connectivity index (χ0v) is 17.9. The predicted molar refractivity (Wildman–Crippen MR) is 114 cm³/mol. The van der Waals surface area contributed by atoms with E-state index in [4.69, 9.17) is 35.3 Å². The van der Waals surface area contributed by atoms with Crippen LogP contribution in [0, 0.1) is 0 Å². The number of aliphatic imine (C=N–C) groups is 1. The second-order valence-electron chi connectivity index (χ2n) is 6.19. The van der Waals surface area contributed by atoms with Crippen molar-refractivity contribution >= 4 is 35.5 Å². The molecule has 0 N–H and O–H groups in total. The summed E-state index contributed by atoms with van der Waals surface area (Å²) in [6.45, 7) is 1.63. The Morgan fingerprint density at radius 2 is 1.90 bits per heavy atom. The summed E-state index contributed by atoms with van der Waals surface area (Å²) in [5, 5.41) is 0.196. The first-order valence-corrected chi connectivity index (χ1v) is 9.66. The SMILES string of the molecule is CCOC(=O)COc1c(Cl)cc(/C=C2\N=C(c3ccc(OC)cc3)OC2=O)cc1OC. The molecule has 9 heteroatoms. The van der Waals surface area contributed by atoms with Crippen LogP contribution in [0.4, 0.5) is 0 Å². The molecule has 8 nitrogen and oxygen atoms in total. The van der Waals surface area contributed by atoms with Gasteiger partial charge in [-0.15, -0.1) is 0 Å². The molecule has 162 valence electrons. The molecule has 0 radical (unpaired) electrons. The predicted octanol–water partition coefficient (Wildman–Crippen LogP) is 3.64. The minimum Gasteiger partial charge on any atom is -0.497 e. The van der Waals surface area contributed by atoms with Gasteiger partial charge in [-0.1, -0.05) is 11.6 Å². The van der Waals surface area contributed by atoms with Crippen LogP contribution in [-0.2, 0) is 19.1 Å². The Bertz CT molecular complexity index is 1040. The number of carbonyl (C=O) groups is 2. The van der Waals surface area contributed by atoms with E-state index in [9.17, 15) is 9.59 Å². The highest BCUT2D eigenvalue weighted by Gasteiger charge is 2.24. The van der Waals surface area contributed by atoms with Crippen LogP contribution in [-0.4, -0.2) is 45.3 Å². The fraction of sp³-hybridized carbons (Fsp3) is 0.227. The Balaban J connectivity index is 1.84. The molecule has 31 heavy (non-hydrogen) atoms. The van der Waals surface area contributed by atoms with Gasteiger partial charge in [0.05, 0.1) is 25.8 Å². The van der Waals surface area contributed by atoms with Crippen molar-refractivity contribution in [3.63, 3.8) is 0 Å². The second kappa shape index (κ2) is 9.99. The van der Waals surface area contributed by atoms with E-state index in [0.717, 1.165) is 0 Å². The van der Waals surface area contributed by atoms with Gasteiger partial charge in [0.25, 0.3) is 0 Å². The number of carbonyl (C=O) groups excluding carboxylic acids is 2. The Hall–Kier alpha value is -3.52. The fourth-order valence-corrected chi connectivity index (χ4v) is 2.99. The van der Waals surface area contributed by atoms with Crippen molar-refractivity contribution in [2.75, 3.05) is 27.4 Å². The van der Waals surface area contributed by atoms with E-state index in [1.165, 1.54) is 13.2 Å². The van der Waals surface area contributed by atoms with Crippen LogP contribution in [0.15, 0.2) is 47.1 Å². The Morgan fingerprint density at radius 3 is 2.55 bits per heavy atom. The van der Waals surface area contributed by atoms with Crippen molar-refractivity contribution < 1.29 is 33.3 Å². The van der Waals surface area contributed by atoms with Crippen LogP contribution in [0.1, 0.15) is 18.1 Å². The Labute approximate surface area is 184 Å². The summed E-state index contributed by atoms with van der Waals surface area (Å²) in [5.41, 5.74) is 1.28. The fourth-order valence-electron chi connectivity index (χ4n) is 2.72. The first kappa shape index (κ1) is 22.2. The molecule has 0 aromatic heterocycles. The molecular weight excluding hydrogens is 426 g/mol. The summed E-state index contributed by atoms with van der Waals surface area (Å²) in [6.07, 6.45) is 1.52. The molecule has 0 bridgehead atoms. The summed E-state index contributed by atoms with van der Waals surface area (Å²) < 4.78 is 26.0. The molecule has 0 saturated carbocycles. The number of ether oxygens (including phenoxy) is 5. The van der Waals surface area contributed by atoms with Crippen molar-refractivity contribution in [2.24, 2.45) is 4.99 Å². The van der Waals surface area contributed by atoms with Gasteiger partial charge in [-0.25, -0.2) is 14.6 Å². The van der Waals surface area contributed by atoms with Crippen LogP contribution >= 0.6 is 11.6 Å². The minimum atomic E-state index is -0.594. The molecule has 3 rings (SSSR count). The summed E-state index contributed by atoms with van der Waals surface area (Å²) in [4.78, 5) is 28.1. The van der Waals surface area contributed by atoms with Gasteiger partial charge in [-0.2, -0.15) is 0 Å². The third-order valence-electron chi connectivity index (χ3n) is 4.15. The number of rotatable bonds is 8. The summed E-state index contributed by atoms with van der Waals surface area (Å²) in [7, 11) is 3.00. The molecule has 0 unspecified atom stereocenters. The number of halogens is 1. The largest absolute Gasteiger partial charge is 0.497 e. The Morgan fingerprint density at radius 1 is 1.16 bits per heavy atom. The molecule has 1 aliphatic heterocycles. The average Bonchev–Trinajstić information content (AvgIpc) is 3.13. The van der Waals surface area contributed by atoms with Gasteiger partial charge in [0.1, 0.15) is 5.75 Å². The highest BCUT2D eigenvalue weighted by atomic mass is 35.5. The molecule has 0 fully saturated rings. The van der Waals surface area contributed by atoms with Crippen molar-refractivity contribution in [1.82, 2.24) is 0 Å². The molecule has 0 amide bonds. The van der Waals surface area contributed by atoms with Crippen molar-refractivity contribution in [3.8, 4) is 17.2 Å². The van der Waals surface area contributed by atoms with E-state index in [1.807, 2.05) is 0 Å². The molecule has 0 atom stereocenters. The number of nitrogens with zero attached hydrogens (tertiary/aromatic N) is 1. The standard InChI is InChI=1S/C22H20ClNO7/c1-4-29-19(25)12-30-20-16(23)9-13(11-18(20)28-3)10-17-22(26)31-21(24-17)14-5-7-15(27-2)8-6-14/h5-11H,4,12H2,1-3H3/b17-10-. The summed E-state index contributed by atoms with van der Waals surface area (Å²) in [6, 6.07) is 10.1. The van der Waals surface area contributed by atoms with Gasteiger partial charge >= 0.3 is 11.9 Å². The third kappa shape index (κ3) is 5.35. The lowest BCUT2D eigenvalue weighted by Gasteiger charge is -2.12. The molecule has 0 saturated heterocycles. The number of methoxy groups -OCH3 is 2. The van der Waals surface area contributed by atoms with Crippen LogP contribution in [0.2, 0.25) is 5.02 Å². The lowest BCUT2D eigenvalue weighted by atomic mass is 10.1. The van der Waals surface area contributed by atoms with Crippen LogP contribution < -0.4 is 14.2 Å². The molecule has 0 spiro atoms. The Kier molecular flexibility index (Phi) is 7.15. The minimum absolute atomic E-state index is 0.101. The van der Waals surface area contributed by atoms with Gasteiger partial charge in [-0.3, -0.25) is 0 Å². The average molecular weight is 446 g/mol. The van der Waals surface area contributed by atoms with Crippen LogP contribution in [0.3, 0.4) is 0 Å². The highest BCUT2D eigenvalue weighted by Crippen LogP contribution is 2.37. The quantitative estimate of drug-likeness (QED) is 0.452. The zero-order chi connectivity index (χ0) is 22.4. The zero-order valence-electron chi connectivity index (χ0n) is 17.1. The molecule has 1 heterocycles. The van der Waals surface area contributed by atoms with Gasteiger partial charge in [0, 0.05) is 5.56 Å². The summed E-state index contributed by atoms with van der Waals surface area (Å²) in [5.74, 6) is 0.220. The topological polar surface area (TPSA) is 92.7 Å². The monoisotopic (exact) mass is 445 g/mol. The van der Waals surface area contributed by atoms with Gasteiger partial charge in [-0.05, 0) is 55.0 Å². The van der Waals surface area contributed by atoms with Crippen LogP contribution in [0.25, 0.3) is 6.08 Å². The van der Waals surface area contributed by atoms with Gasteiger partial charge in [0.15, 0.2) is 23.8 Å². The molecule has 0 aliphatic carbocycles. The first-order chi connectivity index (χ1) is 14.9. The number of cyclic esters (lactones) is 1.